The van der Waals surface area contributed by atoms with E-state index in [1.165, 1.54) is 12.1 Å². The minimum Gasteiger partial charge on any atom is -0.381 e. The zero-order valence-corrected chi connectivity index (χ0v) is 18.6. The van der Waals surface area contributed by atoms with Gasteiger partial charge < -0.3 is 21.1 Å². The summed E-state index contributed by atoms with van der Waals surface area (Å²) in [6.45, 7) is 1.39. The van der Waals surface area contributed by atoms with Crippen molar-refractivity contribution in [1.29, 1.82) is 0 Å². The molecule has 180 valence electrons. The van der Waals surface area contributed by atoms with Crippen molar-refractivity contribution in [3.8, 4) is 0 Å². The van der Waals surface area contributed by atoms with E-state index < -0.39 is 11.6 Å². The fourth-order valence-electron chi connectivity index (χ4n) is 4.75. The molecular formula is C23H27F2N7O2. The van der Waals surface area contributed by atoms with Crippen LogP contribution in [0.3, 0.4) is 0 Å². The van der Waals surface area contributed by atoms with Crippen molar-refractivity contribution < 1.29 is 18.3 Å². The molecule has 1 aliphatic carbocycles. The van der Waals surface area contributed by atoms with E-state index in [1.807, 2.05) is 4.57 Å². The summed E-state index contributed by atoms with van der Waals surface area (Å²) in [4.78, 5) is 25.4. The molecule has 2 aliphatic rings. The normalized spacial score (nSPS) is 21.5. The maximum atomic E-state index is 14.4. The molecular weight excluding hydrogens is 444 g/mol. The highest BCUT2D eigenvalue weighted by atomic mass is 19.1. The molecule has 1 saturated heterocycles. The Morgan fingerprint density at radius 2 is 1.85 bits per heavy atom. The number of primary amides is 1. The second kappa shape index (κ2) is 9.49. The van der Waals surface area contributed by atoms with E-state index in [1.54, 1.807) is 6.20 Å². The molecule has 1 saturated carbocycles. The van der Waals surface area contributed by atoms with Gasteiger partial charge in [-0.15, -0.1) is 0 Å². The van der Waals surface area contributed by atoms with Crippen LogP contribution in [0.4, 0.5) is 26.4 Å². The number of fused-ring (bicyclic) bond motifs is 1. The average Bonchev–Trinajstić information content (AvgIpc) is 3.19. The lowest BCUT2D eigenvalue weighted by molar-refractivity contribution is -0.122. The molecule has 0 spiro atoms. The first-order valence-corrected chi connectivity index (χ1v) is 11.6. The maximum absolute atomic E-state index is 14.4. The van der Waals surface area contributed by atoms with Gasteiger partial charge in [0.1, 0.15) is 17.2 Å². The quantitative estimate of drug-likeness (QED) is 0.502. The van der Waals surface area contributed by atoms with Crippen LogP contribution in [0.5, 0.6) is 0 Å². The van der Waals surface area contributed by atoms with E-state index in [4.69, 9.17) is 15.5 Å². The lowest BCUT2D eigenvalue weighted by Crippen LogP contribution is -2.29. The van der Waals surface area contributed by atoms with Crippen LogP contribution < -0.4 is 16.4 Å². The summed E-state index contributed by atoms with van der Waals surface area (Å²) < 4.78 is 35.1. The van der Waals surface area contributed by atoms with E-state index >= 15 is 0 Å². The Morgan fingerprint density at radius 1 is 1.09 bits per heavy atom. The molecule has 2 fully saturated rings. The number of benzene rings is 1. The van der Waals surface area contributed by atoms with Gasteiger partial charge in [-0.3, -0.25) is 9.36 Å². The summed E-state index contributed by atoms with van der Waals surface area (Å²) >= 11 is 0. The van der Waals surface area contributed by atoms with E-state index in [0.717, 1.165) is 18.9 Å². The van der Waals surface area contributed by atoms with Crippen LogP contribution in [0.2, 0.25) is 0 Å². The van der Waals surface area contributed by atoms with Gasteiger partial charge in [-0.2, -0.15) is 4.98 Å². The average molecular weight is 472 g/mol. The van der Waals surface area contributed by atoms with Crippen molar-refractivity contribution in [1.82, 2.24) is 19.5 Å². The predicted molar refractivity (Wildman–Crippen MR) is 123 cm³/mol. The summed E-state index contributed by atoms with van der Waals surface area (Å²) in [6, 6.07) is 3.55. The molecule has 5 rings (SSSR count). The monoisotopic (exact) mass is 471 g/mol. The van der Waals surface area contributed by atoms with Crippen LogP contribution >= 0.6 is 0 Å². The third-order valence-electron chi connectivity index (χ3n) is 6.63. The number of hydrogen-bond acceptors (Lipinski definition) is 7. The molecule has 3 aromatic rings. The number of anilines is 3. The van der Waals surface area contributed by atoms with Crippen molar-refractivity contribution in [3.63, 3.8) is 0 Å². The highest BCUT2D eigenvalue weighted by molar-refractivity contribution is 5.78. The van der Waals surface area contributed by atoms with Crippen molar-refractivity contribution >= 4 is 34.7 Å². The molecule has 4 N–H and O–H groups in total. The standard InChI is InChI=1S/C23H27F2N7O2/c24-14-3-6-18(17(25)11-14)29-23-30-19-12-27-22(28-15-7-9-34-10-8-15)31-21(19)32(23)16-4-1-13(2-5-16)20(26)33/h3,6,11-13,15-16H,1-2,4-5,7-10H2,(H2,26,33)(H,29,30)(H,27,28,31)/t13-,16+. The zero-order chi connectivity index (χ0) is 23.7. The van der Waals surface area contributed by atoms with Gasteiger partial charge in [0, 0.05) is 37.3 Å². The van der Waals surface area contributed by atoms with Gasteiger partial charge in [0.05, 0.1) is 11.9 Å². The van der Waals surface area contributed by atoms with Gasteiger partial charge in [0.25, 0.3) is 0 Å². The number of hydrogen-bond donors (Lipinski definition) is 3. The van der Waals surface area contributed by atoms with E-state index in [0.29, 0.717) is 62.0 Å². The second-order valence-electron chi connectivity index (χ2n) is 8.90. The second-order valence-corrected chi connectivity index (χ2v) is 8.90. The predicted octanol–water partition coefficient (Wildman–Crippen LogP) is 3.66. The number of rotatable bonds is 6. The molecule has 9 nitrogen and oxygen atoms in total. The third kappa shape index (κ3) is 4.65. The molecule has 0 radical (unpaired) electrons. The molecule has 0 unspecified atom stereocenters. The minimum absolute atomic E-state index is 0.0163. The first-order valence-electron chi connectivity index (χ1n) is 11.6. The Morgan fingerprint density at radius 3 is 2.56 bits per heavy atom. The Bertz CT molecular complexity index is 1190. The molecule has 0 atom stereocenters. The van der Waals surface area contributed by atoms with E-state index in [-0.39, 0.29) is 29.6 Å². The lowest BCUT2D eigenvalue weighted by Gasteiger charge is -2.29. The smallest absolute Gasteiger partial charge is 0.224 e. The summed E-state index contributed by atoms with van der Waals surface area (Å²) in [7, 11) is 0. The number of aromatic nitrogens is 4. The fraction of sp³-hybridized carbons (Fsp3) is 0.478. The highest BCUT2D eigenvalue weighted by Gasteiger charge is 2.29. The lowest BCUT2D eigenvalue weighted by atomic mass is 9.85. The number of amides is 1. The molecule has 34 heavy (non-hydrogen) atoms. The summed E-state index contributed by atoms with van der Waals surface area (Å²) in [5.41, 5.74) is 6.78. The van der Waals surface area contributed by atoms with Gasteiger partial charge in [-0.1, -0.05) is 0 Å². The van der Waals surface area contributed by atoms with Crippen molar-refractivity contribution in [3.05, 3.63) is 36.0 Å². The Kier molecular flexibility index (Phi) is 6.27. The molecule has 0 bridgehead atoms. The van der Waals surface area contributed by atoms with Gasteiger partial charge in [0.15, 0.2) is 5.65 Å². The maximum Gasteiger partial charge on any atom is 0.224 e. The third-order valence-corrected chi connectivity index (χ3v) is 6.63. The first kappa shape index (κ1) is 22.5. The van der Waals surface area contributed by atoms with Gasteiger partial charge in [-0.05, 0) is 50.7 Å². The summed E-state index contributed by atoms with van der Waals surface area (Å²) in [5.74, 6) is -0.935. The van der Waals surface area contributed by atoms with Crippen LogP contribution in [0.25, 0.3) is 11.2 Å². The SMILES string of the molecule is NC(=O)[C@H]1CC[C@@H](n2c(Nc3ccc(F)cc3F)nc3cnc(NC4CCOCC4)nc32)CC1. The molecule has 2 aromatic heterocycles. The highest BCUT2D eigenvalue weighted by Crippen LogP contribution is 2.37. The number of ether oxygens (including phenoxy) is 1. The number of halogens is 2. The first-order chi connectivity index (χ1) is 16.5. The fourth-order valence-corrected chi connectivity index (χ4v) is 4.75. The molecule has 3 heterocycles. The van der Waals surface area contributed by atoms with Crippen molar-refractivity contribution in [2.45, 2.75) is 50.6 Å². The summed E-state index contributed by atoms with van der Waals surface area (Å²) in [6.07, 6.45) is 6.09. The molecule has 1 aliphatic heterocycles. The summed E-state index contributed by atoms with van der Waals surface area (Å²) in [5, 5.41) is 6.38. The van der Waals surface area contributed by atoms with Gasteiger partial charge in [-0.25, -0.2) is 18.7 Å². The topological polar surface area (TPSA) is 120 Å². The molecule has 1 aromatic carbocycles. The Labute approximate surface area is 195 Å². The number of carbonyl (C=O) groups is 1. The van der Waals surface area contributed by atoms with Crippen molar-refractivity contribution in [2.24, 2.45) is 11.7 Å². The van der Waals surface area contributed by atoms with Crippen LogP contribution in [-0.4, -0.2) is 44.7 Å². The number of carbonyl (C=O) groups excluding carboxylic acids is 1. The molecule has 1 amide bonds. The van der Waals surface area contributed by atoms with Gasteiger partial charge >= 0.3 is 0 Å². The Hall–Kier alpha value is -3.34. The number of imidazole rings is 1. The Balaban J connectivity index is 1.50. The largest absolute Gasteiger partial charge is 0.381 e. The van der Waals surface area contributed by atoms with E-state index in [2.05, 4.69) is 20.6 Å². The van der Waals surface area contributed by atoms with Crippen LogP contribution in [0.1, 0.15) is 44.6 Å². The van der Waals surface area contributed by atoms with Crippen LogP contribution in [-0.2, 0) is 9.53 Å². The minimum atomic E-state index is -0.719. The zero-order valence-electron chi connectivity index (χ0n) is 18.6. The number of nitrogens with zero attached hydrogens (tertiary/aromatic N) is 4. The van der Waals surface area contributed by atoms with E-state index in [9.17, 15) is 13.6 Å². The number of nitrogens with one attached hydrogen (secondary N) is 2. The van der Waals surface area contributed by atoms with Crippen molar-refractivity contribution in [2.75, 3.05) is 23.8 Å². The van der Waals surface area contributed by atoms with Gasteiger partial charge in [0.2, 0.25) is 17.8 Å². The van der Waals surface area contributed by atoms with Crippen LogP contribution in [0.15, 0.2) is 24.4 Å². The van der Waals surface area contributed by atoms with Crippen LogP contribution in [0, 0.1) is 17.6 Å². The number of nitrogens with two attached hydrogens (primary N) is 1. The molecule has 11 heteroatoms.